The molecular formula is C33H37N5O8S. The van der Waals surface area contributed by atoms with Gasteiger partial charge in [0.15, 0.2) is 0 Å². The number of aliphatic hydroxyl groups is 1. The van der Waals surface area contributed by atoms with Gasteiger partial charge in [0, 0.05) is 31.2 Å². The number of fused-ring (bicyclic) bond motifs is 5. The van der Waals surface area contributed by atoms with Gasteiger partial charge in [-0.15, -0.1) is 0 Å². The minimum absolute atomic E-state index is 0.0205. The number of hydrogen-bond donors (Lipinski definition) is 5. The van der Waals surface area contributed by atoms with Crippen LogP contribution in [0.5, 0.6) is 5.75 Å². The smallest absolute Gasteiger partial charge is 0.322 e. The summed E-state index contributed by atoms with van der Waals surface area (Å²) in [5.74, 6) is -0.535. The number of hydrogen-bond acceptors (Lipinski definition) is 8. The molecule has 4 bridgehead atoms. The van der Waals surface area contributed by atoms with Crippen LogP contribution < -0.4 is 25.8 Å². The fourth-order valence-corrected chi connectivity index (χ4v) is 6.72. The van der Waals surface area contributed by atoms with Gasteiger partial charge in [0.05, 0.1) is 29.3 Å². The third kappa shape index (κ3) is 7.57. The van der Waals surface area contributed by atoms with Gasteiger partial charge in [-0.2, -0.15) is 0 Å². The Balaban J connectivity index is 1.29. The molecule has 0 unspecified atom stereocenters. The van der Waals surface area contributed by atoms with Crippen LogP contribution in [0, 0.1) is 0 Å². The van der Waals surface area contributed by atoms with E-state index < -0.39 is 52.2 Å². The molecule has 3 heterocycles. The number of likely N-dealkylation sites (tertiary alicyclic amines) is 1. The first-order valence-corrected chi connectivity index (χ1v) is 17.0. The summed E-state index contributed by atoms with van der Waals surface area (Å²) in [5.41, 5.74) is 2.19. The molecule has 0 aliphatic carbocycles. The van der Waals surface area contributed by atoms with Crippen molar-refractivity contribution in [3.05, 3.63) is 78.4 Å². The molecule has 0 aromatic heterocycles. The second kappa shape index (κ2) is 13.7. The Morgan fingerprint density at radius 1 is 0.979 bits per heavy atom. The summed E-state index contributed by atoms with van der Waals surface area (Å²) < 4.78 is 35.8. The maximum atomic E-state index is 13.7. The molecule has 0 spiro atoms. The second-order valence-electron chi connectivity index (χ2n) is 12.0. The SMILES string of the molecule is NS(=O)(=O)c1ccc(-c2ccc3c(c2)OCC[C@@H]2CC[C@H](O)[C@@H](CNC(=O)[C@@H]4C[C@@H](CN4C(=O)Nc4ccccc4)NC3=O)O2)cc1. The van der Waals surface area contributed by atoms with Crippen molar-refractivity contribution in [3.63, 3.8) is 0 Å². The molecule has 13 nitrogen and oxygen atoms in total. The molecule has 14 heteroatoms. The van der Waals surface area contributed by atoms with Gasteiger partial charge in [-0.25, -0.2) is 18.4 Å². The highest BCUT2D eigenvalue weighted by Crippen LogP contribution is 2.30. The number of rotatable bonds is 3. The first-order valence-electron chi connectivity index (χ1n) is 15.5. The molecule has 6 N–H and O–H groups in total. The maximum absolute atomic E-state index is 13.7. The Bertz CT molecular complexity index is 1740. The molecule has 0 radical (unpaired) electrons. The average molecular weight is 664 g/mol. The van der Waals surface area contributed by atoms with E-state index >= 15 is 0 Å². The van der Waals surface area contributed by atoms with E-state index in [0.29, 0.717) is 41.8 Å². The van der Waals surface area contributed by atoms with Gasteiger partial charge in [-0.1, -0.05) is 36.4 Å². The number of para-hydroxylation sites is 1. The van der Waals surface area contributed by atoms with E-state index in [9.17, 15) is 27.9 Å². The van der Waals surface area contributed by atoms with Crippen molar-refractivity contribution in [2.45, 2.75) is 61.0 Å². The Kier molecular flexibility index (Phi) is 9.45. The molecular weight excluding hydrogens is 626 g/mol. The zero-order valence-corrected chi connectivity index (χ0v) is 26.3. The van der Waals surface area contributed by atoms with Crippen molar-refractivity contribution in [1.29, 1.82) is 0 Å². The quantitative estimate of drug-likeness (QED) is 0.282. The number of carbonyl (C=O) groups excluding carboxylic acids is 3. The predicted octanol–water partition coefficient (Wildman–Crippen LogP) is 2.21. The van der Waals surface area contributed by atoms with Crippen molar-refractivity contribution < 1.29 is 37.4 Å². The largest absolute Gasteiger partial charge is 0.493 e. The van der Waals surface area contributed by atoms with Crippen LogP contribution in [0.15, 0.2) is 77.7 Å². The zero-order chi connectivity index (χ0) is 33.1. The number of carbonyl (C=O) groups is 3. The van der Waals surface area contributed by atoms with Crippen LogP contribution in [0.4, 0.5) is 10.5 Å². The van der Waals surface area contributed by atoms with Gasteiger partial charge in [0.25, 0.3) is 5.91 Å². The van der Waals surface area contributed by atoms with Crippen LogP contribution in [0.3, 0.4) is 0 Å². The maximum Gasteiger partial charge on any atom is 0.322 e. The van der Waals surface area contributed by atoms with Crippen molar-refractivity contribution in [3.8, 4) is 16.9 Å². The highest BCUT2D eigenvalue weighted by Gasteiger charge is 2.41. The van der Waals surface area contributed by atoms with E-state index in [1.807, 2.05) is 6.07 Å². The monoisotopic (exact) mass is 663 g/mol. The van der Waals surface area contributed by atoms with Crippen LogP contribution in [0.25, 0.3) is 11.1 Å². The fourth-order valence-electron chi connectivity index (χ4n) is 6.20. The van der Waals surface area contributed by atoms with Gasteiger partial charge in [-0.3, -0.25) is 9.59 Å². The van der Waals surface area contributed by atoms with Crippen molar-refractivity contribution >= 4 is 33.6 Å². The lowest BCUT2D eigenvalue weighted by Crippen LogP contribution is -2.51. The highest BCUT2D eigenvalue weighted by atomic mass is 32.2. The summed E-state index contributed by atoms with van der Waals surface area (Å²) in [4.78, 5) is 42.0. The topological polar surface area (TPSA) is 189 Å². The minimum atomic E-state index is -3.86. The summed E-state index contributed by atoms with van der Waals surface area (Å²) in [5, 5.41) is 24.5. The number of anilines is 1. The van der Waals surface area contributed by atoms with Crippen molar-refractivity contribution in [2.75, 3.05) is 25.0 Å². The molecule has 248 valence electrons. The third-order valence-corrected chi connectivity index (χ3v) is 9.65. The molecule has 2 fully saturated rings. The van der Waals surface area contributed by atoms with E-state index in [0.717, 1.165) is 0 Å². The minimum Gasteiger partial charge on any atom is -0.493 e. The molecule has 4 amide bonds. The standard InChI is InChI=1S/C33H37N5O8S/c34-47(43,44)25-10-6-20(7-11-25)21-8-12-26-29(16-21)45-15-14-24-9-13-28(39)30(46-24)18-35-32(41)27-17-23(36-31(26)40)19-38(27)33(42)37-22-4-2-1-3-5-22/h1-8,10-12,16,23-24,27-28,30,39H,9,13-15,17-19H2,(H,35,41)(H,36,40)(H,37,42)(H2,34,43,44)/t23-,24-,27-,28-,30+/m0/s1. The molecule has 3 aromatic rings. The summed E-state index contributed by atoms with van der Waals surface area (Å²) in [7, 11) is -3.86. The van der Waals surface area contributed by atoms with Gasteiger partial charge in [0.2, 0.25) is 15.9 Å². The van der Waals surface area contributed by atoms with E-state index in [-0.39, 0.29) is 42.7 Å². The molecule has 6 rings (SSSR count). The number of primary sulfonamides is 1. The lowest BCUT2D eigenvalue weighted by atomic mass is 9.99. The molecule has 0 saturated carbocycles. The first kappa shape index (κ1) is 32.4. The molecule has 3 aromatic carbocycles. The number of benzene rings is 3. The first-order chi connectivity index (χ1) is 22.5. The second-order valence-corrected chi connectivity index (χ2v) is 13.5. The average Bonchev–Trinajstić information content (AvgIpc) is 3.48. The number of nitrogens with zero attached hydrogens (tertiary/aromatic N) is 1. The number of nitrogens with one attached hydrogen (secondary N) is 3. The Labute approximate surface area is 272 Å². The predicted molar refractivity (Wildman–Crippen MR) is 172 cm³/mol. The lowest BCUT2D eigenvalue weighted by molar-refractivity contribution is -0.133. The number of sulfonamides is 1. The molecule has 2 saturated heterocycles. The van der Waals surface area contributed by atoms with E-state index in [2.05, 4.69) is 16.0 Å². The van der Waals surface area contributed by atoms with Gasteiger partial charge >= 0.3 is 6.03 Å². The van der Waals surface area contributed by atoms with E-state index in [1.54, 1.807) is 54.6 Å². The highest BCUT2D eigenvalue weighted by molar-refractivity contribution is 7.89. The Morgan fingerprint density at radius 3 is 2.47 bits per heavy atom. The van der Waals surface area contributed by atoms with Crippen molar-refractivity contribution in [2.24, 2.45) is 5.14 Å². The van der Waals surface area contributed by atoms with Gasteiger partial charge in [0.1, 0.15) is 17.9 Å². The fraction of sp³-hybridized carbons (Fsp3) is 0.364. The zero-order valence-electron chi connectivity index (χ0n) is 25.5. The number of ether oxygens (including phenoxy) is 2. The van der Waals surface area contributed by atoms with Crippen LogP contribution >= 0.6 is 0 Å². The lowest BCUT2D eigenvalue weighted by Gasteiger charge is -2.34. The molecule has 3 aliphatic rings. The van der Waals surface area contributed by atoms with Gasteiger partial charge in [-0.05, 0) is 66.8 Å². The van der Waals surface area contributed by atoms with Crippen LogP contribution in [-0.2, 0) is 19.6 Å². The number of nitrogens with two attached hydrogens (primary N) is 1. The number of urea groups is 1. The Hall–Kier alpha value is -4.50. The molecule has 5 atom stereocenters. The molecule has 47 heavy (non-hydrogen) atoms. The van der Waals surface area contributed by atoms with Crippen LogP contribution in [0.2, 0.25) is 0 Å². The number of amides is 4. The van der Waals surface area contributed by atoms with Crippen LogP contribution in [0.1, 0.15) is 36.0 Å². The van der Waals surface area contributed by atoms with Crippen LogP contribution in [-0.4, -0.2) is 86.4 Å². The summed E-state index contributed by atoms with van der Waals surface area (Å²) >= 11 is 0. The van der Waals surface area contributed by atoms with E-state index in [1.165, 1.54) is 17.0 Å². The summed E-state index contributed by atoms with van der Waals surface area (Å²) in [6.07, 6.45) is 0.0852. The van der Waals surface area contributed by atoms with Crippen molar-refractivity contribution in [1.82, 2.24) is 15.5 Å². The van der Waals surface area contributed by atoms with Gasteiger partial charge < -0.3 is 35.4 Å². The summed E-state index contributed by atoms with van der Waals surface area (Å²) in [6, 6.07) is 18.1. The number of aliphatic hydroxyl groups excluding tert-OH is 1. The Morgan fingerprint density at radius 2 is 1.72 bits per heavy atom. The summed E-state index contributed by atoms with van der Waals surface area (Å²) in [6.45, 7) is 0.361. The van der Waals surface area contributed by atoms with E-state index in [4.69, 9.17) is 14.6 Å². The molecule has 3 aliphatic heterocycles. The third-order valence-electron chi connectivity index (χ3n) is 8.72. The normalized spacial score (nSPS) is 25.1.